The molecular formula is C16H36N2O2. The molecule has 0 heterocycles. The molecule has 0 rings (SSSR count). The summed E-state index contributed by atoms with van der Waals surface area (Å²) in [4.78, 5) is 2.51. The van der Waals surface area contributed by atoms with Crippen molar-refractivity contribution in [1.29, 1.82) is 0 Å². The van der Waals surface area contributed by atoms with Crippen molar-refractivity contribution in [3.8, 4) is 0 Å². The number of nitrogens with zero attached hydrogens (tertiary/aromatic N) is 1. The van der Waals surface area contributed by atoms with E-state index in [1.807, 2.05) is 13.8 Å². The van der Waals surface area contributed by atoms with Gasteiger partial charge >= 0.3 is 0 Å². The molecule has 0 aromatic carbocycles. The Morgan fingerprint density at radius 3 is 1.90 bits per heavy atom. The maximum Gasteiger partial charge on any atom is 0.0593 e. The first-order chi connectivity index (χ1) is 9.67. The quantitative estimate of drug-likeness (QED) is 0.498. The van der Waals surface area contributed by atoms with Crippen LogP contribution < -0.4 is 5.32 Å². The molecule has 0 aliphatic carbocycles. The van der Waals surface area contributed by atoms with E-state index in [4.69, 9.17) is 9.47 Å². The van der Waals surface area contributed by atoms with Crippen LogP contribution in [-0.2, 0) is 9.47 Å². The average molecular weight is 288 g/mol. The molecule has 122 valence electrons. The van der Waals surface area contributed by atoms with E-state index in [1.165, 1.54) is 6.42 Å². The predicted molar refractivity (Wildman–Crippen MR) is 86.3 cm³/mol. The van der Waals surface area contributed by atoms with E-state index in [0.717, 1.165) is 52.6 Å². The van der Waals surface area contributed by atoms with Crippen LogP contribution in [0.5, 0.6) is 0 Å². The second-order valence-electron chi connectivity index (χ2n) is 5.45. The van der Waals surface area contributed by atoms with Crippen molar-refractivity contribution in [2.75, 3.05) is 52.6 Å². The summed E-state index contributed by atoms with van der Waals surface area (Å²) >= 11 is 0. The number of nitrogens with one attached hydrogen (secondary N) is 1. The van der Waals surface area contributed by atoms with Crippen molar-refractivity contribution in [3.05, 3.63) is 0 Å². The second kappa shape index (κ2) is 13.8. The van der Waals surface area contributed by atoms with Crippen molar-refractivity contribution in [2.24, 2.45) is 5.92 Å². The lowest BCUT2D eigenvalue weighted by Crippen LogP contribution is -2.48. The van der Waals surface area contributed by atoms with Gasteiger partial charge in [-0.3, -0.25) is 4.90 Å². The average Bonchev–Trinajstić information content (AvgIpc) is 2.42. The molecule has 1 unspecified atom stereocenters. The highest BCUT2D eigenvalue weighted by Gasteiger charge is 2.21. The lowest BCUT2D eigenvalue weighted by atomic mass is 10.0. The molecule has 4 nitrogen and oxygen atoms in total. The molecule has 1 atom stereocenters. The van der Waals surface area contributed by atoms with Gasteiger partial charge in [-0.1, -0.05) is 20.8 Å². The van der Waals surface area contributed by atoms with Gasteiger partial charge in [0.2, 0.25) is 0 Å². The van der Waals surface area contributed by atoms with Gasteiger partial charge in [0.05, 0.1) is 13.2 Å². The van der Waals surface area contributed by atoms with Gasteiger partial charge in [0.25, 0.3) is 0 Å². The van der Waals surface area contributed by atoms with Crippen LogP contribution in [0.15, 0.2) is 0 Å². The molecule has 0 radical (unpaired) electrons. The Hall–Kier alpha value is -0.160. The molecule has 4 heteroatoms. The smallest absolute Gasteiger partial charge is 0.0593 e. The molecular weight excluding hydrogens is 252 g/mol. The molecule has 0 saturated heterocycles. The fraction of sp³-hybridized carbons (Fsp3) is 1.00. The van der Waals surface area contributed by atoms with Gasteiger partial charge in [0, 0.05) is 38.9 Å². The van der Waals surface area contributed by atoms with Crippen molar-refractivity contribution in [1.82, 2.24) is 10.2 Å². The van der Waals surface area contributed by atoms with Crippen molar-refractivity contribution >= 4 is 0 Å². The van der Waals surface area contributed by atoms with Crippen LogP contribution in [0.4, 0.5) is 0 Å². The monoisotopic (exact) mass is 288 g/mol. The summed E-state index contributed by atoms with van der Waals surface area (Å²) in [7, 11) is 0. The fourth-order valence-electron chi connectivity index (χ4n) is 2.31. The zero-order chi connectivity index (χ0) is 15.2. The lowest BCUT2D eigenvalue weighted by molar-refractivity contribution is 0.0509. The van der Waals surface area contributed by atoms with Gasteiger partial charge in [-0.2, -0.15) is 0 Å². The van der Waals surface area contributed by atoms with Gasteiger partial charge in [-0.25, -0.2) is 0 Å². The molecule has 0 aromatic heterocycles. The van der Waals surface area contributed by atoms with Gasteiger partial charge in [-0.15, -0.1) is 0 Å². The van der Waals surface area contributed by atoms with Crippen LogP contribution in [0.2, 0.25) is 0 Å². The van der Waals surface area contributed by atoms with E-state index >= 15 is 0 Å². The molecule has 0 bridgehead atoms. The van der Waals surface area contributed by atoms with Gasteiger partial charge in [0.15, 0.2) is 0 Å². The summed E-state index contributed by atoms with van der Waals surface area (Å²) in [6.07, 6.45) is 1.18. The summed E-state index contributed by atoms with van der Waals surface area (Å²) in [5, 5.41) is 3.55. The van der Waals surface area contributed by atoms with Crippen LogP contribution in [0, 0.1) is 5.92 Å². The Morgan fingerprint density at radius 2 is 1.50 bits per heavy atom. The highest BCUT2D eigenvalue weighted by Crippen LogP contribution is 2.10. The molecule has 0 amide bonds. The third kappa shape index (κ3) is 9.70. The van der Waals surface area contributed by atoms with Gasteiger partial charge < -0.3 is 14.8 Å². The SMILES string of the molecule is CCCNCC(C(C)C)N(CCOCC)CCOCC. The second-order valence-corrected chi connectivity index (χ2v) is 5.45. The number of ether oxygens (including phenoxy) is 2. The van der Waals surface area contributed by atoms with Crippen LogP contribution in [0.3, 0.4) is 0 Å². The minimum absolute atomic E-state index is 0.544. The summed E-state index contributed by atoms with van der Waals surface area (Å²) < 4.78 is 11.0. The van der Waals surface area contributed by atoms with E-state index in [1.54, 1.807) is 0 Å². The van der Waals surface area contributed by atoms with E-state index in [2.05, 4.69) is 31.0 Å². The third-order valence-corrected chi connectivity index (χ3v) is 3.47. The molecule has 0 aliphatic heterocycles. The standard InChI is InChI=1S/C16H36N2O2/c1-6-9-17-14-16(15(4)5)18(10-12-19-7-2)11-13-20-8-3/h15-17H,6-14H2,1-5H3. The van der Waals surface area contributed by atoms with Crippen molar-refractivity contribution in [2.45, 2.75) is 47.1 Å². The first-order valence-electron chi connectivity index (χ1n) is 8.27. The summed E-state index contributed by atoms with van der Waals surface area (Å²) in [6, 6.07) is 0.544. The first-order valence-corrected chi connectivity index (χ1v) is 8.27. The van der Waals surface area contributed by atoms with Crippen molar-refractivity contribution < 1.29 is 9.47 Å². The number of rotatable bonds is 14. The molecule has 0 aromatic rings. The lowest BCUT2D eigenvalue weighted by Gasteiger charge is -2.34. The van der Waals surface area contributed by atoms with Crippen molar-refractivity contribution in [3.63, 3.8) is 0 Å². The first kappa shape index (κ1) is 19.8. The molecule has 0 aliphatic rings. The van der Waals surface area contributed by atoms with Crippen LogP contribution in [-0.4, -0.2) is 63.5 Å². The minimum Gasteiger partial charge on any atom is -0.380 e. The summed E-state index contributed by atoms with van der Waals surface area (Å²) in [5.41, 5.74) is 0. The van der Waals surface area contributed by atoms with Gasteiger partial charge in [-0.05, 0) is 32.7 Å². The van der Waals surface area contributed by atoms with Gasteiger partial charge in [0.1, 0.15) is 0 Å². The molecule has 0 fully saturated rings. The topological polar surface area (TPSA) is 33.7 Å². The Kier molecular flexibility index (Phi) is 13.7. The summed E-state index contributed by atoms with van der Waals surface area (Å²) in [6.45, 7) is 18.2. The molecule has 20 heavy (non-hydrogen) atoms. The van der Waals surface area contributed by atoms with Crippen LogP contribution >= 0.6 is 0 Å². The third-order valence-electron chi connectivity index (χ3n) is 3.47. The highest BCUT2D eigenvalue weighted by molar-refractivity contribution is 4.77. The van der Waals surface area contributed by atoms with Crippen LogP contribution in [0.25, 0.3) is 0 Å². The highest BCUT2D eigenvalue weighted by atomic mass is 16.5. The maximum absolute atomic E-state index is 5.52. The maximum atomic E-state index is 5.52. The van der Waals surface area contributed by atoms with E-state index in [9.17, 15) is 0 Å². The largest absolute Gasteiger partial charge is 0.380 e. The summed E-state index contributed by atoms with van der Waals surface area (Å²) in [5.74, 6) is 0.627. The number of hydrogen-bond acceptors (Lipinski definition) is 4. The molecule has 0 spiro atoms. The minimum atomic E-state index is 0.544. The zero-order valence-electron chi connectivity index (χ0n) is 14.3. The molecule has 1 N–H and O–H groups in total. The fourth-order valence-corrected chi connectivity index (χ4v) is 2.31. The Balaban J connectivity index is 4.36. The molecule has 0 saturated carbocycles. The Morgan fingerprint density at radius 1 is 0.950 bits per heavy atom. The van der Waals surface area contributed by atoms with E-state index in [0.29, 0.717) is 12.0 Å². The number of hydrogen-bond donors (Lipinski definition) is 1. The normalized spacial score (nSPS) is 13.3. The van der Waals surface area contributed by atoms with E-state index < -0.39 is 0 Å². The predicted octanol–water partition coefficient (Wildman–Crippen LogP) is 2.39. The Bertz CT molecular complexity index is 191. The van der Waals surface area contributed by atoms with E-state index in [-0.39, 0.29) is 0 Å². The Labute approximate surface area is 126 Å². The zero-order valence-corrected chi connectivity index (χ0v) is 14.3. The van der Waals surface area contributed by atoms with Crippen LogP contribution in [0.1, 0.15) is 41.0 Å².